The number of fused-ring (bicyclic) bond motifs is 4. The highest BCUT2D eigenvalue weighted by Gasteiger charge is 2.30. The van der Waals surface area contributed by atoms with Crippen LogP contribution in [0.2, 0.25) is 0 Å². The van der Waals surface area contributed by atoms with Crippen molar-refractivity contribution in [3.8, 4) is 28.8 Å². The van der Waals surface area contributed by atoms with E-state index in [4.69, 9.17) is 39.3 Å². The number of pyridine rings is 1. The summed E-state index contributed by atoms with van der Waals surface area (Å²) in [4.78, 5) is 84.9. The number of ketones is 1. The summed E-state index contributed by atoms with van der Waals surface area (Å²) in [5.74, 6) is -3.45. The molecule has 4 N–H and O–H groups in total. The number of aromatic nitrogens is 9. The molecule has 105 heavy (non-hydrogen) atoms. The minimum atomic E-state index is -4.64. The van der Waals surface area contributed by atoms with Crippen molar-refractivity contribution < 1.29 is 83.9 Å². The molecule has 0 radical (unpaired) electrons. The molecule has 30 heteroatoms. The molecule has 5 heterocycles. The number of rotatable bonds is 21. The Bertz CT molecular complexity index is 4130. The molecule has 11 rings (SSSR count). The first-order valence-corrected chi connectivity index (χ1v) is 36.9. The van der Waals surface area contributed by atoms with E-state index >= 15 is 0 Å². The Labute approximate surface area is 620 Å². The Kier molecular flexibility index (Phi) is 32.4. The lowest BCUT2D eigenvalue weighted by atomic mass is 9.86. The third kappa shape index (κ3) is 26.3. The molecule has 574 valence electrons. The number of nitrogens with one attached hydrogen (secondary N) is 1. The Morgan fingerprint density at radius 1 is 0.619 bits per heavy atom. The van der Waals surface area contributed by atoms with Gasteiger partial charge < -0.3 is 34.5 Å². The number of H-pyrrole nitrogens is 1. The summed E-state index contributed by atoms with van der Waals surface area (Å²) < 4.78 is 109. The standard InChI is InChI=1S/C32H31F3N4O3.C15H24N2O3.C13H20N2O3.C11H16N2O3.C2HF3O.C2H5I/c1-2-42-32-26-6-3-4-8-29(26)39(38-32)18-24(40)15-21(12-19-13-22(33)17-23(34)14-19)30-25(7-5-11-37-30)20-9-10-28(35)27(16-20)31(36)41;1-5-19-14-11-8-6-7-9-12(11)17(16-14)10-13(18)20-15(2,3)4;1-13(2,3)18-11(16)8-15-10-7-5-4-6-9(10)12(17)14-15;1-2-16-11-8-5-3-4-6-9(8)13(12-11)7-10(14)15;3-2(4,5)1-6;1-2-3/h5,7,9-11,13-14,16-17,21H,2-4,6,8,12,15,18H2,1H3,(H2,36,41);5-10H2,1-4H3;4-8H2,1-3H3,(H,14,17);2-7H2,1H3,(H,14,15);1H;2H2,1H3/t21-;;;;;/m1...../s1. The molecule has 0 saturated heterocycles. The van der Waals surface area contributed by atoms with E-state index in [1.54, 1.807) is 37.1 Å². The number of halogens is 7. The number of aromatic amines is 1. The van der Waals surface area contributed by atoms with Crippen molar-refractivity contribution in [1.29, 1.82) is 0 Å². The number of carbonyl (C=O) groups is 6. The van der Waals surface area contributed by atoms with Gasteiger partial charge in [0.1, 0.15) is 48.3 Å². The van der Waals surface area contributed by atoms with Crippen molar-refractivity contribution in [3.63, 3.8) is 0 Å². The van der Waals surface area contributed by atoms with E-state index in [-0.39, 0.29) is 67.9 Å². The number of amides is 1. The molecular weight excluding hydrogens is 1490 g/mol. The predicted molar refractivity (Wildman–Crippen MR) is 388 cm³/mol. The zero-order chi connectivity index (χ0) is 77.3. The fourth-order valence-electron chi connectivity index (χ4n) is 12.7. The number of ether oxygens (including phenoxy) is 5. The topological polar surface area (TPSA) is 299 Å². The SMILES string of the molecule is CC(C)(C)OC(=O)Cn1[nH]c(=O)c2c1CCCC2.CCI.CCOc1nn(CC(=O)C[C@@H](Cc2cc(F)cc(F)c2)c2ncccc2-c2ccc(F)c(C(N)=O)c2)c2c1CCCC2.CCOc1nn(CC(=O)O)c2c1CCCC2.CCOc1nn(CC(=O)OC(C)(C)C)c2c1CCCC2.O=CC(F)(F)F. The first-order chi connectivity index (χ1) is 49.7. The first kappa shape index (κ1) is 85.1. The van der Waals surface area contributed by atoms with Crippen LogP contribution in [0.3, 0.4) is 0 Å². The van der Waals surface area contributed by atoms with E-state index in [1.807, 2.05) is 62.3 Å². The van der Waals surface area contributed by atoms with E-state index in [1.165, 1.54) is 34.3 Å². The fourth-order valence-corrected chi connectivity index (χ4v) is 12.7. The molecule has 4 aliphatic carbocycles. The highest BCUT2D eigenvalue weighted by molar-refractivity contribution is 14.1. The third-order valence-corrected chi connectivity index (χ3v) is 16.6. The number of benzene rings is 2. The minimum absolute atomic E-state index is 0.00790. The number of carboxylic acid groups (broad SMARTS) is 1. The second kappa shape index (κ2) is 40.0. The lowest BCUT2D eigenvalue weighted by molar-refractivity contribution is -0.157. The van der Waals surface area contributed by atoms with Gasteiger partial charge in [-0.15, -0.1) is 15.3 Å². The molecule has 0 spiro atoms. The highest BCUT2D eigenvalue weighted by Crippen LogP contribution is 2.36. The average molecular weight is 1590 g/mol. The largest absolute Gasteiger partial charge is 0.480 e. The van der Waals surface area contributed by atoms with Crippen LogP contribution in [-0.4, -0.2) is 127 Å². The minimum Gasteiger partial charge on any atom is -0.480 e. The van der Waals surface area contributed by atoms with Gasteiger partial charge in [-0.2, -0.15) is 13.2 Å². The van der Waals surface area contributed by atoms with E-state index < -0.39 is 58.9 Å². The van der Waals surface area contributed by atoms with Gasteiger partial charge in [0.25, 0.3) is 11.5 Å². The number of Topliss-reactive ketones (excluding diaryl/α,β-unsaturated/α-hetero) is 1. The number of carbonyl (C=O) groups excluding carboxylic acids is 5. The molecule has 5 aromatic heterocycles. The molecular formula is C75H97F6IN10O13. The van der Waals surface area contributed by atoms with Crippen LogP contribution in [0.4, 0.5) is 26.3 Å². The van der Waals surface area contributed by atoms with Gasteiger partial charge in [0.2, 0.25) is 23.9 Å². The zero-order valence-corrected chi connectivity index (χ0v) is 63.5. The van der Waals surface area contributed by atoms with Crippen molar-refractivity contribution in [2.75, 3.05) is 24.2 Å². The summed E-state index contributed by atoms with van der Waals surface area (Å²) in [5, 5.41) is 24.8. The average Bonchev–Trinajstić information content (AvgIpc) is 1.78. The van der Waals surface area contributed by atoms with E-state index in [0.717, 1.165) is 154 Å². The molecule has 0 unspecified atom stereocenters. The van der Waals surface area contributed by atoms with E-state index in [9.17, 15) is 55.1 Å². The number of carboxylic acids is 1. The summed E-state index contributed by atoms with van der Waals surface area (Å²) in [6.07, 6.45) is 11.7. The number of alkyl halides is 4. The molecule has 0 saturated carbocycles. The molecule has 1 amide bonds. The molecule has 2 aromatic carbocycles. The van der Waals surface area contributed by atoms with Gasteiger partial charge in [-0.1, -0.05) is 41.6 Å². The molecule has 23 nitrogen and oxygen atoms in total. The Balaban J connectivity index is 0.000000229. The normalized spacial score (nSPS) is 13.8. The Morgan fingerprint density at radius 3 is 1.49 bits per heavy atom. The van der Waals surface area contributed by atoms with Crippen molar-refractivity contribution in [3.05, 3.63) is 144 Å². The monoisotopic (exact) mass is 1590 g/mol. The molecule has 0 bridgehead atoms. The zero-order valence-electron chi connectivity index (χ0n) is 61.4. The molecule has 4 aliphatic rings. The van der Waals surface area contributed by atoms with Crippen molar-refractivity contribution in [1.82, 2.24) is 44.1 Å². The smallest absolute Gasteiger partial charge is 0.446 e. The summed E-state index contributed by atoms with van der Waals surface area (Å²) in [5.41, 5.74) is 14.2. The quantitative estimate of drug-likeness (QED) is 0.0198. The molecule has 0 aliphatic heterocycles. The van der Waals surface area contributed by atoms with Crippen LogP contribution in [0, 0.1) is 17.5 Å². The lowest BCUT2D eigenvalue weighted by Gasteiger charge is -2.20. The lowest BCUT2D eigenvalue weighted by Crippen LogP contribution is -2.27. The summed E-state index contributed by atoms with van der Waals surface area (Å²) in [7, 11) is 0. The van der Waals surface area contributed by atoms with Gasteiger partial charge in [0, 0.05) is 75.2 Å². The number of esters is 2. The van der Waals surface area contributed by atoms with Gasteiger partial charge in [-0.25, -0.2) is 13.2 Å². The van der Waals surface area contributed by atoms with Crippen LogP contribution in [0.5, 0.6) is 17.6 Å². The number of nitrogens with two attached hydrogens (primary N) is 1. The second-order valence-electron chi connectivity index (χ2n) is 27.2. The molecule has 7 aromatic rings. The highest BCUT2D eigenvalue weighted by atomic mass is 127. The maximum absolute atomic E-state index is 14.3. The number of hydrogen-bond acceptors (Lipinski definition) is 16. The Morgan fingerprint density at radius 2 is 1.05 bits per heavy atom. The number of nitrogens with zero attached hydrogens (tertiary/aromatic N) is 8. The van der Waals surface area contributed by atoms with Crippen LogP contribution in [-0.2, 0) is 117 Å². The van der Waals surface area contributed by atoms with Crippen LogP contribution in [0.1, 0.15) is 200 Å². The first-order valence-electron chi connectivity index (χ1n) is 35.4. The van der Waals surface area contributed by atoms with Crippen LogP contribution in [0.25, 0.3) is 11.1 Å². The van der Waals surface area contributed by atoms with Crippen molar-refractivity contribution >= 4 is 58.5 Å². The molecule has 0 fully saturated rings. The summed E-state index contributed by atoms with van der Waals surface area (Å²) in [6, 6.07) is 10.6. The van der Waals surface area contributed by atoms with Crippen LogP contribution < -0.4 is 25.5 Å². The number of aldehydes is 1. The van der Waals surface area contributed by atoms with Gasteiger partial charge in [0.15, 0.2) is 5.78 Å². The maximum Gasteiger partial charge on any atom is 0.446 e. The van der Waals surface area contributed by atoms with Crippen molar-refractivity contribution in [2.24, 2.45) is 5.73 Å². The van der Waals surface area contributed by atoms with Crippen LogP contribution >= 0.6 is 22.6 Å². The van der Waals surface area contributed by atoms with Gasteiger partial charge in [0.05, 0.1) is 37.6 Å². The van der Waals surface area contributed by atoms with Gasteiger partial charge >= 0.3 is 24.1 Å². The maximum atomic E-state index is 14.3. The second-order valence-corrected chi connectivity index (χ2v) is 28.7. The van der Waals surface area contributed by atoms with Crippen molar-refractivity contribution in [2.45, 2.75) is 234 Å². The summed E-state index contributed by atoms with van der Waals surface area (Å²) >= 11 is 2.29. The third-order valence-electron chi connectivity index (χ3n) is 16.6. The van der Waals surface area contributed by atoms with E-state index in [0.29, 0.717) is 59.8 Å². The van der Waals surface area contributed by atoms with Gasteiger partial charge in [-0.05, 0) is 217 Å². The fraction of sp³-hybridized carbons (Fsp3) is 0.533. The molecule has 1 atom stereocenters. The number of aliphatic carboxylic acids is 1. The Hall–Kier alpha value is -8.84. The van der Waals surface area contributed by atoms with Gasteiger partial charge in [-0.3, -0.25) is 62.4 Å². The number of hydrogen-bond donors (Lipinski definition) is 3. The van der Waals surface area contributed by atoms with Crippen LogP contribution in [0.15, 0.2) is 59.5 Å². The summed E-state index contributed by atoms with van der Waals surface area (Å²) in [6.45, 7) is 20.8. The number of primary amides is 1. The van der Waals surface area contributed by atoms with E-state index in [2.05, 4.69) is 54.9 Å². The predicted octanol–water partition coefficient (Wildman–Crippen LogP) is 13.1.